The largest absolute Gasteiger partial charge is 0.354 e. The molecule has 0 saturated carbocycles. The fourth-order valence-corrected chi connectivity index (χ4v) is 4.45. The minimum atomic E-state index is -0.291. The highest BCUT2D eigenvalue weighted by atomic mass is 19.1. The number of amides is 1. The molecule has 0 atom stereocenters. The van der Waals surface area contributed by atoms with Crippen molar-refractivity contribution in [3.05, 3.63) is 65.4 Å². The maximum Gasteiger partial charge on any atom is 0.276 e. The Kier molecular flexibility index (Phi) is 5.61. The zero-order chi connectivity index (χ0) is 22.1. The van der Waals surface area contributed by atoms with Gasteiger partial charge in [0.2, 0.25) is 0 Å². The van der Waals surface area contributed by atoms with Gasteiger partial charge in [0, 0.05) is 37.4 Å². The highest BCUT2D eigenvalue weighted by Crippen LogP contribution is 2.28. The molecule has 1 aromatic carbocycles. The predicted molar refractivity (Wildman–Crippen MR) is 122 cm³/mol. The second-order valence-corrected chi connectivity index (χ2v) is 8.52. The molecule has 2 aromatic heterocycles. The van der Waals surface area contributed by atoms with Gasteiger partial charge in [0.15, 0.2) is 5.69 Å². The molecule has 1 fully saturated rings. The van der Waals surface area contributed by atoms with Crippen molar-refractivity contribution in [1.82, 2.24) is 19.7 Å². The average molecular weight is 435 g/mol. The number of aromatic nitrogens is 3. The van der Waals surface area contributed by atoms with E-state index in [4.69, 9.17) is 0 Å². The molecule has 5 rings (SSSR count). The topological polar surface area (TPSA) is 66.3 Å². The fraction of sp³-hybridized carbons (Fsp3) is 0.375. The van der Waals surface area contributed by atoms with Gasteiger partial charge < -0.3 is 15.1 Å². The molecular formula is C24H27FN6O. The Hall–Kier alpha value is -3.26. The number of hydrogen-bond acceptors (Lipinski definition) is 5. The monoisotopic (exact) mass is 434 g/mol. The Labute approximate surface area is 186 Å². The van der Waals surface area contributed by atoms with Crippen molar-refractivity contribution in [2.45, 2.75) is 25.7 Å². The average Bonchev–Trinajstić information content (AvgIpc) is 3.21. The van der Waals surface area contributed by atoms with Gasteiger partial charge in [-0.2, -0.15) is 5.10 Å². The van der Waals surface area contributed by atoms with Crippen LogP contribution in [0, 0.1) is 5.82 Å². The number of likely N-dealkylation sites (N-methyl/N-ethyl adjacent to an activating group) is 1. The third-order valence-corrected chi connectivity index (χ3v) is 6.30. The van der Waals surface area contributed by atoms with E-state index >= 15 is 0 Å². The van der Waals surface area contributed by atoms with E-state index in [1.54, 1.807) is 23.0 Å². The van der Waals surface area contributed by atoms with Crippen molar-refractivity contribution in [3.8, 4) is 5.69 Å². The summed E-state index contributed by atoms with van der Waals surface area (Å²) in [6, 6.07) is 10.1. The zero-order valence-corrected chi connectivity index (χ0v) is 18.2. The van der Waals surface area contributed by atoms with Gasteiger partial charge in [-0.3, -0.25) is 4.79 Å². The predicted octanol–water partition coefficient (Wildman–Crippen LogP) is 3.29. The molecule has 3 aromatic rings. The summed E-state index contributed by atoms with van der Waals surface area (Å²) in [4.78, 5) is 22.2. The van der Waals surface area contributed by atoms with E-state index in [1.165, 1.54) is 12.1 Å². The summed E-state index contributed by atoms with van der Waals surface area (Å²) < 4.78 is 15.2. The van der Waals surface area contributed by atoms with Crippen molar-refractivity contribution in [2.24, 2.45) is 0 Å². The van der Waals surface area contributed by atoms with Crippen LogP contribution in [0.15, 0.2) is 42.6 Å². The quantitative estimate of drug-likeness (QED) is 0.683. The van der Waals surface area contributed by atoms with Crippen LogP contribution >= 0.6 is 0 Å². The number of fused-ring (bicyclic) bond motifs is 1. The summed E-state index contributed by atoms with van der Waals surface area (Å²) in [5.41, 5.74) is 3.87. The normalized spacial score (nSPS) is 16.6. The van der Waals surface area contributed by atoms with Crippen molar-refractivity contribution < 1.29 is 9.18 Å². The standard InChI is InChI=1S/C24H27FN6O/c1-29-12-14-30(15-13-29)22-11-8-18(16-26-22)27-24(32)23-20-4-2-3-5-21(20)31(28-23)19-9-6-17(25)7-10-19/h6-11,16H,2-5,12-15H2,1H3,(H,27,32). The summed E-state index contributed by atoms with van der Waals surface area (Å²) in [6.07, 6.45) is 5.46. The maximum atomic E-state index is 13.4. The second kappa shape index (κ2) is 8.70. The minimum Gasteiger partial charge on any atom is -0.354 e. The molecule has 2 aliphatic rings. The Morgan fingerprint density at radius 1 is 1.00 bits per heavy atom. The number of halogens is 1. The molecule has 1 saturated heterocycles. The van der Waals surface area contributed by atoms with E-state index in [-0.39, 0.29) is 11.7 Å². The number of anilines is 2. The number of carbonyl (C=O) groups is 1. The van der Waals surface area contributed by atoms with E-state index in [0.29, 0.717) is 11.4 Å². The van der Waals surface area contributed by atoms with Crippen molar-refractivity contribution in [3.63, 3.8) is 0 Å². The molecule has 1 aliphatic carbocycles. The summed E-state index contributed by atoms with van der Waals surface area (Å²) in [5, 5.41) is 7.59. The van der Waals surface area contributed by atoms with E-state index in [1.807, 2.05) is 12.1 Å². The number of nitrogens with one attached hydrogen (secondary N) is 1. The molecule has 3 heterocycles. The van der Waals surface area contributed by atoms with E-state index < -0.39 is 0 Å². The van der Waals surface area contributed by atoms with Crippen LogP contribution in [0.4, 0.5) is 15.9 Å². The van der Waals surface area contributed by atoms with Gasteiger partial charge >= 0.3 is 0 Å². The Balaban J connectivity index is 1.36. The molecule has 1 aliphatic heterocycles. The molecule has 32 heavy (non-hydrogen) atoms. The number of rotatable bonds is 4. The maximum absolute atomic E-state index is 13.4. The molecule has 1 N–H and O–H groups in total. The SMILES string of the molecule is CN1CCN(c2ccc(NC(=O)c3nn(-c4ccc(F)cc4)c4c3CCCC4)cn2)CC1. The molecule has 0 bridgehead atoms. The summed E-state index contributed by atoms with van der Waals surface area (Å²) in [6.45, 7) is 3.92. The zero-order valence-electron chi connectivity index (χ0n) is 18.2. The molecule has 0 radical (unpaired) electrons. The second-order valence-electron chi connectivity index (χ2n) is 8.52. The van der Waals surface area contributed by atoms with Crippen LogP contribution in [0.5, 0.6) is 0 Å². The lowest BCUT2D eigenvalue weighted by atomic mass is 9.95. The first kappa shape index (κ1) is 20.6. The first-order valence-corrected chi connectivity index (χ1v) is 11.2. The van der Waals surface area contributed by atoms with Gasteiger partial charge in [-0.15, -0.1) is 0 Å². The lowest BCUT2D eigenvalue weighted by molar-refractivity contribution is 0.102. The van der Waals surface area contributed by atoms with Gasteiger partial charge in [0.1, 0.15) is 11.6 Å². The molecular weight excluding hydrogens is 407 g/mol. The molecule has 0 spiro atoms. The number of pyridine rings is 1. The van der Waals surface area contributed by atoms with Crippen LogP contribution in [0.3, 0.4) is 0 Å². The molecule has 0 unspecified atom stereocenters. The van der Waals surface area contributed by atoms with Gasteiger partial charge in [0.25, 0.3) is 5.91 Å². The van der Waals surface area contributed by atoms with E-state index in [2.05, 4.69) is 32.2 Å². The van der Waals surface area contributed by atoms with Gasteiger partial charge in [-0.1, -0.05) is 0 Å². The van der Waals surface area contributed by atoms with Gasteiger partial charge in [-0.25, -0.2) is 14.1 Å². The number of benzene rings is 1. The third-order valence-electron chi connectivity index (χ3n) is 6.30. The molecule has 166 valence electrons. The van der Waals surface area contributed by atoms with Gasteiger partial charge in [0.05, 0.1) is 17.6 Å². The molecule has 1 amide bonds. The smallest absolute Gasteiger partial charge is 0.276 e. The lowest BCUT2D eigenvalue weighted by Gasteiger charge is -2.33. The first-order valence-electron chi connectivity index (χ1n) is 11.2. The Morgan fingerprint density at radius 2 is 1.75 bits per heavy atom. The number of carbonyl (C=O) groups excluding carboxylic acids is 1. The van der Waals surface area contributed by atoms with Crippen molar-refractivity contribution >= 4 is 17.4 Å². The molecule has 7 nitrogen and oxygen atoms in total. The molecule has 8 heteroatoms. The van der Waals surface area contributed by atoms with Crippen molar-refractivity contribution in [2.75, 3.05) is 43.4 Å². The third kappa shape index (κ3) is 4.10. The van der Waals surface area contributed by atoms with Crippen LogP contribution in [0.25, 0.3) is 5.69 Å². The van der Waals surface area contributed by atoms with Crippen LogP contribution in [0.2, 0.25) is 0 Å². The summed E-state index contributed by atoms with van der Waals surface area (Å²) >= 11 is 0. The van der Waals surface area contributed by atoms with Crippen molar-refractivity contribution in [1.29, 1.82) is 0 Å². The van der Waals surface area contributed by atoms with Gasteiger partial charge in [-0.05, 0) is 69.1 Å². The fourth-order valence-electron chi connectivity index (χ4n) is 4.45. The number of piperazine rings is 1. The first-order chi connectivity index (χ1) is 15.6. The summed E-state index contributed by atoms with van der Waals surface area (Å²) in [5.74, 6) is 0.396. The highest BCUT2D eigenvalue weighted by molar-refractivity contribution is 6.04. The van der Waals surface area contributed by atoms with Crippen LogP contribution < -0.4 is 10.2 Å². The van der Waals surface area contributed by atoms with E-state index in [0.717, 1.165) is 74.6 Å². The van der Waals surface area contributed by atoms with Crippen LogP contribution in [-0.2, 0) is 12.8 Å². The van der Waals surface area contributed by atoms with Crippen LogP contribution in [0.1, 0.15) is 34.6 Å². The number of nitrogens with zero attached hydrogens (tertiary/aromatic N) is 5. The lowest BCUT2D eigenvalue weighted by Crippen LogP contribution is -2.44. The Morgan fingerprint density at radius 3 is 2.47 bits per heavy atom. The Bertz CT molecular complexity index is 1100. The minimum absolute atomic E-state index is 0.238. The van der Waals surface area contributed by atoms with Crippen LogP contribution in [-0.4, -0.2) is 58.8 Å². The number of hydrogen-bond donors (Lipinski definition) is 1. The summed E-state index contributed by atoms with van der Waals surface area (Å²) in [7, 11) is 2.12. The van der Waals surface area contributed by atoms with E-state index in [9.17, 15) is 9.18 Å². The highest BCUT2D eigenvalue weighted by Gasteiger charge is 2.26.